The zero-order chi connectivity index (χ0) is 20.2. The number of nitrogens with zero attached hydrogens (tertiary/aromatic N) is 3. The second kappa shape index (κ2) is 6.69. The van der Waals surface area contributed by atoms with Gasteiger partial charge in [-0.15, -0.1) is 0 Å². The van der Waals surface area contributed by atoms with Gasteiger partial charge < -0.3 is 20.1 Å². The summed E-state index contributed by atoms with van der Waals surface area (Å²) < 4.78 is 6.09. The first-order valence-corrected chi connectivity index (χ1v) is 10.3. The molecule has 2 atom stereocenters. The smallest absolute Gasteiger partial charge is 0.222 e. The summed E-state index contributed by atoms with van der Waals surface area (Å²) in [6.07, 6.45) is 6.23. The van der Waals surface area contributed by atoms with Crippen molar-refractivity contribution in [3.63, 3.8) is 0 Å². The van der Waals surface area contributed by atoms with E-state index in [0.717, 1.165) is 49.3 Å². The van der Waals surface area contributed by atoms with Crippen molar-refractivity contribution < 1.29 is 14.6 Å². The lowest BCUT2D eigenvalue weighted by Gasteiger charge is -2.21. The molecule has 0 radical (unpaired) electrons. The van der Waals surface area contributed by atoms with Crippen LogP contribution in [0.25, 0.3) is 0 Å². The molecule has 1 spiro atoms. The average Bonchev–Trinajstić information content (AvgIpc) is 3.21. The Morgan fingerprint density at radius 3 is 2.83 bits per heavy atom. The minimum Gasteiger partial charge on any atom is -0.474 e. The van der Waals surface area contributed by atoms with Crippen LogP contribution in [0.1, 0.15) is 50.2 Å². The van der Waals surface area contributed by atoms with Crippen LogP contribution < -0.4 is 15.0 Å². The normalized spacial score (nSPS) is 23.9. The van der Waals surface area contributed by atoms with Gasteiger partial charge in [-0.3, -0.25) is 4.79 Å². The van der Waals surface area contributed by atoms with Crippen LogP contribution >= 0.6 is 0 Å². The van der Waals surface area contributed by atoms with Crippen LogP contribution in [0.4, 0.5) is 17.3 Å². The van der Waals surface area contributed by atoms with E-state index in [1.807, 2.05) is 25.3 Å². The minimum atomic E-state index is -0.274. The van der Waals surface area contributed by atoms with Gasteiger partial charge in [-0.2, -0.15) is 4.98 Å². The summed E-state index contributed by atoms with van der Waals surface area (Å²) in [7, 11) is 0. The van der Waals surface area contributed by atoms with Crippen molar-refractivity contribution in [3.05, 3.63) is 35.5 Å². The molecule has 3 aliphatic rings. The number of aryl methyl sites for hydroxylation is 1. The number of pyridine rings is 2. The van der Waals surface area contributed by atoms with Crippen molar-refractivity contribution in [2.24, 2.45) is 0 Å². The number of ether oxygens (including phenoxy) is 1. The maximum absolute atomic E-state index is 11.5. The van der Waals surface area contributed by atoms with E-state index in [2.05, 4.69) is 21.3 Å². The lowest BCUT2D eigenvalue weighted by molar-refractivity contribution is -0.114. The van der Waals surface area contributed by atoms with E-state index in [0.29, 0.717) is 18.1 Å². The molecule has 1 amide bonds. The Morgan fingerprint density at radius 1 is 1.31 bits per heavy atom. The lowest BCUT2D eigenvalue weighted by Crippen LogP contribution is -2.21. The van der Waals surface area contributed by atoms with E-state index in [9.17, 15) is 9.90 Å². The first-order valence-electron chi connectivity index (χ1n) is 10.3. The molecule has 1 aliphatic heterocycles. The van der Waals surface area contributed by atoms with Crippen LogP contribution in [0.5, 0.6) is 5.88 Å². The molecule has 29 heavy (non-hydrogen) atoms. The molecule has 2 aromatic rings. The van der Waals surface area contributed by atoms with E-state index < -0.39 is 0 Å². The molecule has 2 N–H and O–H groups in total. The van der Waals surface area contributed by atoms with Crippen LogP contribution in [0, 0.1) is 6.92 Å². The van der Waals surface area contributed by atoms with Crippen molar-refractivity contribution in [3.8, 4) is 5.88 Å². The van der Waals surface area contributed by atoms with Crippen LogP contribution in [-0.4, -0.2) is 39.7 Å². The Kier molecular flexibility index (Phi) is 4.24. The number of carbonyl (C=O) groups is 1. The summed E-state index contributed by atoms with van der Waals surface area (Å²) >= 11 is 0. The van der Waals surface area contributed by atoms with Gasteiger partial charge in [-0.1, -0.05) is 0 Å². The first kappa shape index (κ1) is 18.4. The Hall–Kier alpha value is -2.67. The number of aliphatic hydroxyl groups is 1. The van der Waals surface area contributed by atoms with Gasteiger partial charge in [0.15, 0.2) is 0 Å². The Balaban J connectivity index is 1.48. The highest BCUT2D eigenvalue weighted by Gasteiger charge is 2.52. The fraction of sp³-hybridized carbons (Fsp3) is 0.500. The van der Waals surface area contributed by atoms with Gasteiger partial charge >= 0.3 is 0 Å². The second-order valence-electron chi connectivity index (χ2n) is 8.68. The molecule has 0 unspecified atom stereocenters. The summed E-state index contributed by atoms with van der Waals surface area (Å²) in [5.41, 5.74) is 3.52. The molecule has 5 rings (SSSR count). The molecule has 0 saturated heterocycles. The van der Waals surface area contributed by atoms with E-state index in [-0.39, 0.29) is 23.5 Å². The van der Waals surface area contributed by atoms with Crippen molar-refractivity contribution in [1.82, 2.24) is 9.97 Å². The van der Waals surface area contributed by atoms with E-state index >= 15 is 0 Å². The van der Waals surface area contributed by atoms with Crippen LogP contribution in [-0.2, 0) is 10.2 Å². The molecule has 2 fully saturated rings. The fourth-order valence-electron chi connectivity index (χ4n) is 4.59. The largest absolute Gasteiger partial charge is 0.474 e. The average molecular weight is 394 g/mol. The highest BCUT2D eigenvalue weighted by molar-refractivity contribution is 5.89. The summed E-state index contributed by atoms with van der Waals surface area (Å²) in [6.45, 7) is 4.40. The van der Waals surface area contributed by atoms with Crippen LogP contribution in [0.3, 0.4) is 0 Å². The first-order chi connectivity index (χ1) is 13.9. The van der Waals surface area contributed by atoms with Crippen molar-refractivity contribution in [2.75, 3.05) is 16.8 Å². The number of hydrogen-bond acceptors (Lipinski definition) is 6. The molecule has 0 aromatic carbocycles. The van der Waals surface area contributed by atoms with E-state index in [4.69, 9.17) is 9.72 Å². The summed E-state index contributed by atoms with van der Waals surface area (Å²) in [6, 6.07) is 5.97. The number of carbonyl (C=O) groups excluding carboxylic acids is 1. The molecule has 0 bridgehead atoms. The van der Waals surface area contributed by atoms with E-state index in [1.165, 1.54) is 12.5 Å². The van der Waals surface area contributed by atoms with Gasteiger partial charge in [0.25, 0.3) is 0 Å². The maximum Gasteiger partial charge on any atom is 0.222 e. The maximum atomic E-state index is 11.5. The molecule has 2 aliphatic carbocycles. The van der Waals surface area contributed by atoms with Crippen LogP contribution in [0.15, 0.2) is 24.4 Å². The predicted molar refractivity (Wildman–Crippen MR) is 110 cm³/mol. The molecule has 7 nitrogen and oxygen atoms in total. The molecular weight excluding hydrogens is 368 g/mol. The van der Waals surface area contributed by atoms with E-state index in [1.54, 1.807) is 0 Å². The molecule has 2 saturated carbocycles. The number of amides is 1. The fourth-order valence-corrected chi connectivity index (χ4v) is 4.59. The third-order valence-electron chi connectivity index (χ3n) is 6.22. The Bertz CT molecular complexity index is 973. The quantitative estimate of drug-likeness (QED) is 0.828. The summed E-state index contributed by atoms with van der Waals surface area (Å²) in [4.78, 5) is 22.9. The monoisotopic (exact) mass is 394 g/mol. The second-order valence-corrected chi connectivity index (χ2v) is 8.68. The number of fused-ring (bicyclic) bond motifs is 2. The molecule has 152 valence electrons. The third-order valence-corrected chi connectivity index (χ3v) is 6.22. The highest BCUT2D eigenvalue weighted by Crippen LogP contribution is 2.58. The third kappa shape index (κ3) is 3.44. The summed E-state index contributed by atoms with van der Waals surface area (Å²) in [5, 5.41) is 12.6. The van der Waals surface area contributed by atoms with Gasteiger partial charge in [0.2, 0.25) is 11.8 Å². The van der Waals surface area contributed by atoms with Gasteiger partial charge in [-0.25, -0.2) is 4.98 Å². The Morgan fingerprint density at radius 2 is 2.14 bits per heavy atom. The zero-order valence-corrected chi connectivity index (χ0v) is 16.8. The topological polar surface area (TPSA) is 87.6 Å². The number of nitrogens with one attached hydrogen (secondary N) is 1. The summed E-state index contributed by atoms with van der Waals surface area (Å²) in [5.74, 6) is 1.88. The Labute approximate surface area is 170 Å². The predicted octanol–water partition coefficient (Wildman–Crippen LogP) is 3.22. The molecule has 3 heterocycles. The van der Waals surface area contributed by atoms with Crippen LogP contribution in [0.2, 0.25) is 0 Å². The lowest BCUT2D eigenvalue weighted by atomic mass is 10.0. The SMILES string of the molecule is CC(=O)Nc1cc2c(cn1)C1(CC1)CN2c1cc(C)cc(O[C@@H]2CC[C@H](O)C2)n1. The number of aromatic nitrogens is 2. The molecule has 7 heteroatoms. The van der Waals surface area contributed by atoms with Crippen molar-refractivity contribution >= 4 is 23.2 Å². The number of anilines is 3. The van der Waals surface area contributed by atoms with Gasteiger partial charge in [0.1, 0.15) is 17.7 Å². The number of rotatable bonds is 4. The molecular formula is C22H26N4O3. The molecule has 2 aromatic heterocycles. The van der Waals surface area contributed by atoms with Gasteiger partial charge in [0.05, 0.1) is 11.8 Å². The zero-order valence-electron chi connectivity index (χ0n) is 16.8. The number of aliphatic hydroxyl groups excluding tert-OH is 1. The minimum absolute atomic E-state index is 0.0170. The highest BCUT2D eigenvalue weighted by atomic mass is 16.5. The van der Waals surface area contributed by atoms with Gasteiger partial charge in [0, 0.05) is 49.2 Å². The standard InChI is InChI=1S/C22H26N4O3/c1-13-7-20(25-21(8-13)29-16-4-3-15(28)9-16)26-12-22(5-6-22)17-11-23-19(10-18(17)26)24-14(2)27/h7-8,10-11,15-16,28H,3-6,9,12H2,1-2H3,(H,23,24,27)/t15-,16+/m0/s1. The van der Waals surface area contributed by atoms with Crippen molar-refractivity contribution in [1.29, 1.82) is 0 Å². The number of hydrogen-bond donors (Lipinski definition) is 2. The van der Waals surface area contributed by atoms with Gasteiger partial charge in [-0.05, 0) is 44.2 Å². The van der Waals surface area contributed by atoms with Crippen molar-refractivity contribution in [2.45, 2.75) is 63.6 Å².